The number of benzene rings is 2. The molecule has 2 rings (SSSR count). The van der Waals surface area contributed by atoms with E-state index in [2.05, 4.69) is 5.32 Å². The van der Waals surface area contributed by atoms with Crippen LogP contribution in [-0.4, -0.2) is 18.0 Å². The van der Waals surface area contributed by atoms with Gasteiger partial charge in [-0.25, -0.2) is 9.18 Å². The first-order valence-electron chi connectivity index (χ1n) is 7.98. The van der Waals surface area contributed by atoms with E-state index in [4.69, 9.17) is 16.3 Å². The van der Waals surface area contributed by atoms with Gasteiger partial charge in [-0.3, -0.25) is 4.79 Å². The Morgan fingerprint density at radius 1 is 1.19 bits per heavy atom. The van der Waals surface area contributed by atoms with E-state index in [0.717, 1.165) is 17.2 Å². The largest absolute Gasteiger partial charge is 0.449 e. The lowest BCUT2D eigenvalue weighted by molar-refractivity contribution is -0.148. The summed E-state index contributed by atoms with van der Waals surface area (Å²) in [5, 5.41) is 2.73. The topological polar surface area (TPSA) is 55.4 Å². The van der Waals surface area contributed by atoms with Crippen molar-refractivity contribution < 1.29 is 18.7 Å². The number of hydrogen-bond acceptors (Lipinski definition) is 3. The van der Waals surface area contributed by atoms with E-state index in [-0.39, 0.29) is 5.02 Å². The fourth-order valence-corrected chi connectivity index (χ4v) is 2.47. The highest BCUT2D eigenvalue weighted by molar-refractivity contribution is 6.30. The highest BCUT2D eigenvalue weighted by Crippen LogP contribution is 2.20. The van der Waals surface area contributed by atoms with Gasteiger partial charge in [0, 0.05) is 11.8 Å². The van der Waals surface area contributed by atoms with Crippen LogP contribution >= 0.6 is 11.6 Å². The van der Waals surface area contributed by atoms with E-state index in [0.29, 0.717) is 11.3 Å². The van der Waals surface area contributed by atoms with Crippen molar-refractivity contribution in [2.24, 2.45) is 0 Å². The van der Waals surface area contributed by atoms with Gasteiger partial charge < -0.3 is 10.1 Å². The Bertz CT molecular complexity index is 844. The number of hydrogen-bond donors (Lipinski definition) is 1. The second kappa shape index (κ2) is 8.63. The molecular formula is C20H19ClFNO3. The van der Waals surface area contributed by atoms with Crippen LogP contribution in [0.5, 0.6) is 0 Å². The SMILES string of the molecule is Cc1cccc(C)c1NC(=O)[C@H](C)OC(=O)/C=C/c1ccc(F)c(Cl)c1. The first-order valence-corrected chi connectivity index (χ1v) is 8.36. The van der Waals surface area contributed by atoms with Crippen LogP contribution in [0.4, 0.5) is 10.1 Å². The predicted molar refractivity (Wildman–Crippen MR) is 101 cm³/mol. The monoisotopic (exact) mass is 375 g/mol. The minimum atomic E-state index is -0.969. The highest BCUT2D eigenvalue weighted by atomic mass is 35.5. The average Bonchev–Trinajstić information content (AvgIpc) is 2.59. The molecule has 0 aromatic heterocycles. The number of nitrogens with one attached hydrogen (secondary N) is 1. The Morgan fingerprint density at radius 2 is 1.85 bits per heavy atom. The van der Waals surface area contributed by atoms with Crippen molar-refractivity contribution in [3.63, 3.8) is 0 Å². The summed E-state index contributed by atoms with van der Waals surface area (Å²) < 4.78 is 18.2. The summed E-state index contributed by atoms with van der Waals surface area (Å²) in [4.78, 5) is 24.1. The van der Waals surface area contributed by atoms with Crippen molar-refractivity contribution >= 4 is 35.2 Å². The zero-order chi connectivity index (χ0) is 19.3. The maximum absolute atomic E-state index is 13.1. The number of rotatable bonds is 5. The molecule has 26 heavy (non-hydrogen) atoms. The number of amides is 1. The van der Waals surface area contributed by atoms with Gasteiger partial charge in [0.05, 0.1) is 5.02 Å². The lowest BCUT2D eigenvalue weighted by Crippen LogP contribution is -2.30. The maximum Gasteiger partial charge on any atom is 0.331 e. The van der Waals surface area contributed by atoms with Gasteiger partial charge in [-0.15, -0.1) is 0 Å². The fraction of sp³-hybridized carbons (Fsp3) is 0.200. The molecule has 0 radical (unpaired) electrons. The van der Waals surface area contributed by atoms with Gasteiger partial charge >= 0.3 is 5.97 Å². The molecule has 0 unspecified atom stereocenters. The molecule has 1 amide bonds. The third-order valence-corrected chi connectivity index (χ3v) is 4.04. The number of para-hydroxylation sites is 1. The Hall–Kier alpha value is -2.66. The van der Waals surface area contributed by atoms with Crippen LogP contribution in [0.15, 0.2) is 42.5 Å². The van der Waals surface area contributed by atoms with Crippen molar-refractivity contribution in [1.29, 1.82) is 0 Å². The Labute approximate surface area is 156 Å². The molecule has 0 aliphatic carbocycles. The summed E-state index contributed by atoms with van der Waals surface area (Å²) in [6.45, 7) is 5.26. The number of aryl methyl sites for hydroxylation is 2. The lowest BCUT2D eigenvalue weighted by atomic mass is 10.1. The van der Waals surface area contributed by atoms with Gasteiger partial charge in [0.25, 0.3) is 5.91 Å². The fourth-order valence-electron chi connectivity index (χ4n) is 2.28. The maximum atomic E-state index is 13.1. The number of ether oxygens (including phenoxy) is 1. The smallest absolute Gasteiger partial charge is 0.331 e. The van der Waals surface area contributed by atoms with E-state index in [1.165, 1.54) is 31.2 Å². The molecule has 0 saturated carbocycles. The third kappa shape index (κ3) is 5.17. The van der Waals surface area contributed by atoms with Crippen molar-refractivity contribution in [2.45, 2.75) is 26.9 Å². The van der Waals surface area contributed by atoms with Gasteiger partial charge in [-0.1, -0.05) is 35.9 Å². The number of anilines is 1. The Morgan fingerprint density at radius 3 is 2.46 bits per heavy atom. The minimum absolute atomic E-state index is 0.0399. The second-order valence-corrected chi connectivity index (χ2v) is 6.25. The van der Waals surface area contributed by atoms with E-state index < -0.39 is 23.8 Å². The first-order chi connectivity index (χ1) is 12.3. The zero-order valence-corrected chi connectivity index (χ0v) is 15.4. The molecule has 6 heteroatoms. The quantitative estimate of drug-likeness (QED) is 0.609. The van der Waals surface area contributed by atoms with Crippen LogP contribution in [0.2, 0.25) is 5.02 Å². The van der Waals surface area contributed by atoms with Gasteiger partial charge in [-0.05, 0) is 55.7 Å². The molecule has 0 bridgehead atoms. The Kier molecular flexibility index (Phi) is 6.52. The standard InChI is InChI=1S/C20H19ClFNO3/c1-12-5-4-6-13(2)19(12)23-20(25)14(3)26-18(24)10-8-15-7-9-17(22)16(21)11-15/h4-11,14H,1-3H3,(H,23,25)/b10-8+/t14-/m0/s1. The van der Waals surface area contributed by atoms with Gasteiger partial charge in [0.15, 0.2) is 6.10 Å². The molecule has 0 saturated heterocycles. The highest BCUT2D eigenvalue weighted by Gasteiger charge is 2.18. The number of esters is 1. The lowest BCUT2D eigenvalue weighted by Gasteiger charge is -2.15. The third-order valence-electron chi connectivity index (χ3n) is 3.75. The van der Waals surface area contributed by atoms with Crippen LogP contribution in [0, 0.1) is 19.7 Å². The van der Waals surface area contributed by atoms with Crippen LogP contribution in [0.1, 0.15) is 23.6 Å². The minimum Gasteiger partial charge on any atom is -0.449 e. The number of halogens is 2. The summed E-state index contributed by atoms with van der Waals surface area (Å²) in [5.41, 5.74) is 3.09. The molecule has 1 N–H and O–H groups in total. The van der Waals surface area contributed by atoms with Crippen LogP contribution in [0.25, 0.3) is 6.08 Å². The molecule has 0 fully saturated rings. The summed E-state index contributed by atoms with van der Waals surface area (Å²) in [5.74, 6) is -1.65. The van der Waals surface area contributed by atoms with E-state index in [1.54, 1.807) is 0 Å². The van der Waals surface area contributed by atoms with Crippen molar-refractivity contribution in [1.82, 2.24) is 0 Å². The normalized spacial score (nSPS) is 12.0. The molecule has 136 valence electrons. The van der Waals surface area contributed by atoms with Gasteiger partial charge in [-0.2, -0.15) is 0 Å². The predicted octanol–water partition coefficient (Wildman–Crippen LogP) is 4.68. The zero-order valence-electron chi connectivity index (χ0n) is 14.7. The van der Waals surface area contributed by atoms with E-state index in [9.17, 15) is 14.0 Å². The average molecular weight is 376 g/mol. The summed E-state index contributed by atoms with van der Waals surface area (Å²) in [6.07, 6.45) is 1.62. The Balaban J connectivity index is 1.96. The van der Waals surface area contributed by atoms with Crippen molar-refractivity contribution in [3.8, 4) is 0 Å². The van der Waals surface area contributed by atoms with E-state index >= 15 is 0 Å². The second-order valence-electron chi connectivity index (χ2n) is 5.84. The first kappa shape index (κ1) is 19.7. The van der Waals surface area contributed by atoms with Gasteiger partial charge in [0.1, 0.15) is 5.82 Å². The molecule has 2 aromatic carbocycles. The molecule has 1 atom stereocenters. The molecule has 4 nitrogen and oxygen atoms in total. The van der Waals surface area contributed by atoms with Crippen LogP contribution in [0.3, 0.4) is 0 Å². The summed E-state index contributed by atoms with van der Waals surface area (Å²) >= 11 is 5.68. The summed E-state index contributed by atoms with van der Waals surface area (Å²) in [7, 11) is 0. The molecule has 2 aromatic rings. The van der Waals surface area contributed by atoms with Crippen LogP contribution < -0.4 is 5.32 Å². The molecule has 0 heterocycles. The van der Waals surface area contributed by atoms with E-state index in [1.807, 2.05) is 32.0 Å². The van der Waals surface area contributed by atoms with Crippen molar-refractivity contribution in [2.75, 3.05) is 5.32 Å². The van der Waals surface area contributed by atoms with Gasteiger partial charge in [0.2, 0.25) is 0 Å². The number of carbonyl (C=O) groups excluding carboxylic acids is 2. The molecule has 0 spiro atoms. The molecular weight excluding hydrogens is 357 g/mol. The molecule has 0 aliphatic heterocycles. The van der Waals surface area contributed by atoms with Crippen molar-refractivity contribution in [3.05, 3.63) is 70.0 Å². The summed E-state index contributed by atoms with van der Waals surface area (Å²) in [6, 6.07) is 9.73. The number of carbonyl (C=O) groups is 2. The van der Waals surface area contributed by atoms with Crippen LogP contribution in [-0.2, 0) is 14.3 Å². The molecule has 0 aliphatic rings.